The van der Waals surface area contributed by atoms with Crippen LogP contribution in [0, 0.1) is 6.92 Å². The minimum atomic E-state index is -0.352. The molecule has 0 spiro atoms. The fourth-order valence-corrected chi connectivity index (χ4v) is 1.18. The molecular weight excluding hydrogens is 153 g/mol. The van der Waals surface area contributed by atoms with Crippen molar-refractivity contribution in [2.24, 2.45) is 5.73 Å². The van der Waals surface area contributed by atoms with E-state index in [1.54, 1.807) is 0 Å². The van der Waals surface area contributed by atoms with Crippen molar-refractivity contribution >= 4 is 0 Å². The van der Waals surface area contributed by atoms with Crippen LogP contribution in [-0.2, 0) is 0 Å². The van der Waals surface area contributed by atoms with Gasteiger partial charge in [0, 0.05) is 6.04 Å². The van der Waals surface area contributed by atoms with Crippen molar-refractivity contribution in [1.29, 1.82) is 0 Å². The van der Waals surface area contributed by atoms with E-state index >= 15 is 0 Å². The van der Waals surface area contributed by atoms with E-state index in [-0.39, 0.29) is 12.7 Å². The molecule has 0 aliphatic rings. The van der Waals surface area contributed by atoms with E-state index < -0.39 is 0 Å². The molecule has 0 aliphatic heterocycles. The maximum Gasteiger partial charge on any atom is 0.0912 e. The molecule has 1 nitrogen and oxygen atoms in total. The minimum absolute atomic E-state index is 0.158. The monoisotopic (exact) mass is 167 g/mol. The second-order valence-corrected chi connectivity index (χ2v) is 3.00. The van der Waals surface area contributed by atoms with Crippen molar-refractivity contribution in [2.45, 2.75) is 19.4 Å². The lowest BCUT2D eigenvalue weighted by Crippen LogP contribution is -2.10. The van der Waals surface area contributed by atoms with E-state index in [1.165, 1.54) is 5.56 Å². The average molecular weight is 167 g/mol. The minimum Gasteiger partial charge on any atom is -0.324 e. The Kier molecular flexibility index (Phi) is 3.23. The van der Waals surface area contributed by atoms with Gasteiger partial charge in [0.1, 0.15) is 0 Å². The van der Waals surface area contributed by atoms with Crippen molar-refractivity contribution < 1.29 is 4.39 Å². The Hall–Kier alpha value is -0.890. The first-order chi connectivity index (χ1) is 5.74. The van der Waals surface area contributed by atoms with Gasteiger partial charge in [0.25, 0.3) is 0 Å². The maximum atomic E-state index is 11.9. The summed E-state index contributed by atoms with van der Waals surface area (Å²) < 4.78 is 11.9. The van der Waals surface area contributed by atoms with E-state index in [2.05, 4.69) is 0 Å². The molecule has 0 unspecified atom stereocenters. The van der Waals surface area contributed by atoms with Crippen molar-refractivity contribution in [2.75, 3.05) is 6.67 Å². The summed E-state index contributed by atoms with van der Waals surface area (Å²) >= 11 is 0. The number of alkyl halides is 1. The van der Waals surface area contributed by atoms with Gasteiger partial charge in [-0.25, -0.2) is 0 Å². The fraction of sp³-hybridized carbons (Fsp3) is 0.400. The predicted molar refractivity (Wildman–Crippen MR) is 48.7 cm³/mol. The number of hydrogen-bond acceptors (Lipinski definition) is 1. The Morgan fingerprint density at radius 3 is 2.83 bits per heavy atom. The molecule has 1 aromatic rings. The van der Waals surface area contributed by atoms with Gasteiger partial charge in [-0.1, -0.05) is 29.8 Å². The Labute approximate surface area is 72.4 Å². The highest BCUT2D eigenvalue weighted by Crippen LogP contribution is 2.14. The summed E-state index contributed by atoms with van der Waals surface area (Å²) in [5, 5.41) is 0. The summed E-state index contributed by atoms with van der Waals surface area (Å²) in [6.45, 7) is 1.65. The van der Waals surface area contributed by atoms with Crippen LogP contribution in [0.3, 0.4) is 0 Å². The van der Waals surface area contributed by atoms with Crippen LogP contribution in [0.25, 0.3) is 0 Å². The van der Waals surface area contributed by atoms with Gasteiger partial charge >= 0.3 is 0 Å². The Morgan fingerprint density at radius 2 is 2.25 bits per heavy atom. The first-order valence-corrected chi connectivity index (χ1v) is 4.12. The molecule has 0 aromatic heterocycles. The Morgan fingerprint density at radius 1 is 1.50 bits per heavy atom. The topological polar surface area (TPSA) is 26.0 Å². The summed E-state index contributed by atoms with van der Waals surface area (Å²) in [5.74, 6) is 0. The lowest BCUT2D eigenvalue weighted by molar-refractivity contribution is 0.442. The molecule has 0 aliphatic carbocycles. The number of aryl methyl sites for hydroxylation is 1. The van der Waals surface area contributed by atoms with Gasteiger partial charge in [0.15, 0.2) is 0 Å². The number of nitrogens with two attached hydrogens (primary N) is 1. The molecule has 1 rings (SSSR count). The van der Waals surface area contributed by atoms with Crippen LogP contribution >= 0.6 is 0 Å². The Bertz CT molecular complexity index is 247. The van der Waals surface area contributed by atoms with E-state index in [0.717, 1.165) is 5.56 Å². The second kappa shape index (κ2) is 4.21. The molecule has 0 radical (unpaired) electrons. The summed E-state index contributed by atoms with van der Waals surface area (Å²) in [7, 11) is 0. The van der Waals surface area contributed by atoms with Gasteiger partial charge in [-0.3, -0.25) is 4.39 Å². The van der Waals surface area contributed by atoms with E-state index in [1.807, 2.05) is 31.2 Å². The van der Waals surface area contributed by atoms with Crippen molar-refractivity contribution in [3.63, 3.8) is 0 Å². The maximum absolute atomic E-state index is 11.9. The zero-order valence-electron chi connectivity index (χ0n) is 7.26. The largest absolute Gasteiger partial charge is 0.324 e. The van der Waals surface area contributed by atoms with Crippen molar-refractivity contribution in [1.82, 2.24) is 0 Å². The average Bonchev–Trinajstić information content (AvgIpc) is 2.05. The van der Waals surface area contributed by atoms with Crippen LogP contribution < -0.4 is 5.73 Å². The number of halogens is 1. The van der Waals surface area contributed by atoms with E-state index in [9.17, 15) is 4.39 Å². The zero-order chi connectivity index (χ0) is 8.97. The zero-order valence-corrected chi connectivity index (χ0v) is 7.26. The third-order valence-corrected chi connectivity index (χ3v) is 1.89. The third-order valence-electron chi connectivity index (χ3n) is 1.89. The lowest BCUT2D eigenvalue weighted by atomic mass is 10.0. The van der Waals surface area contributed by atoms with Crippen LogP contribution in [0.5, 0.6) is 0 Å². The standard InChI is InChI=1S/C10H14FN/c1-8-3-2-4-9(7-8)10(12)5-6-11/h2-4,7,10H,5-6,12H2,1H3/t10-/m1/s1. The van der Waals surface area contributed by atoms with Gasteiger partial charge in [0.2, 0.25) is 0 Å². The predicted octanol–water partition coefficient (Wildman–Crippen LogP) is 2.35. The SMILES string of the molecule is Cc1cccc([C@H](N)CCF)c1. The van der Waals surface area contributed by atoms with Crippen LogP contribution in [0.4, 0.5) is 4.39 Å². The van der Waals surface area contributed by atoms with Gasteiger partial charge in [-0.15, -0.1) is 0 Å². The highest BCUT2D eigenvalue weighted by Gasteiger charge is 2.04. The van der Waals surface area contributed by atoms with Crippen molar-refractivity contribution in [3.8, 4) is 0 Å². The third kappa shape index (κ3) is 2.31. The highest BCUT2D eigenvalue weighted by atomic mass is 19.1. The summed E-state index contributed by atoms with van der Waals surface area (Å²) in [6.07, 6.45) is 0.406. The molecule has 1 aromatic carbocycles. The summed E-state index contributed by atoms with van der Waals surface area (Å²) in [5.41, 5.74) is 7.92. The van der Waals surface area contributed by atoms with Gasteiger partial charge < -0.3 is 5.73 Å². The smallest absolute Gasteiger partial charge is 0.0912 e. The molecule has 0 bridgehead atoms. The normalized spacial score (nSPS) is 12.9. The van der Waals surface area contributed by atoms with Gasteiger partial charge in [-0.05, 0) is 18.9 Å². The number of rotatable bonds is 3. The molecule has 0 fully saturated rings. The van der Waals surface area contributed by atoms with Crippen LogP contribution in [0.1, 0.15) is 23.6 Å². The number of benzene rings is 1. The Balaban J connectivity index is 2.73. The molecule has 0 saturated carbocycles. The quantitative estimate of drug-likeness (QED) is 0.734. The lowest BCUT2D eigenvalue weighted by Gasteiger charge is -2.09. The molecule has 2 heteroatoms. The molecule has 2 N–H and O–H groups in total. The van der Waals surface area contributed by atoms with E-state index in [4.69, 9.17) is 5.73 Å². The first-order valence-electron chi connectivity index (χ1n) is 4.12. The van der Waals surface area contributed by atoms with Gasteiger partial charge in [0.05, 0.1) is 6.67 Å². The molecular formula is C10H14FN. The van der Waals surface area contributed by atoms with Crippen LogP contribution in [0.2, 0.25) is 0 Å². The fourth-order valence-electron chi connectivity index (χ4n) is 1.18. The molecule has 0 heterocycles. The van der Waals surface area contributed by atoms with Crippen LogP contribution in [0.15, 0.2) is 24.3 Å². The molecule has 0 saturated heterocycles. The van der Waals surface area contributed by atoms with E-state index in [0.29, 0.717) is 6.42 Å². The summed E-state index contributed by atoms with van der Waals surface area (Å²) in [6, 6.07) is 7.73. The van der Waals surface area contributed by atoms with Gasteiger partial charge in [-0.2, -0.15) is 0 Å². The molecule has 12 heavy (non-hydrogen) atoms. The van der Waals surface area contributed by atoms with Crippen LogP contribution in [-0.4, -0.2) is 6.67 Å². The summed E-state index contributed by atoms with van der Waals surface area (Å²) in [4.78, 5) is 0. The second-order valence-electron chi connectivity index (χ2n) is 3.00. The number of hydrogen-bond donors (Lipinski definition) is 1. The molecule has 0 amide bonds. The highest BCUT2D eigenvalue weighted by molar-refractivity contribution is 5.24. The van der Waals surface area contributed by atoms with Crippen molar-refractivity contribution in [3.05, 3.63) is 35.4 Å². The molecule has 66 valence electrons. The first kappa shape index (κ1) is 9.20. The molecule has 1 atom stereocenters.